The van der Waals surface area contributed by atoms with Crippen LogP contribution in [0.2, 0.25) is 0 Å². The van der Waals surface area contributed by atoms with Gasteiger partial charge in [-0.3, -0.25) is 4.90 Å². The molecule has 0 bridgehead atoms. The highest BCUT2D eigenvalue weighted by Gasteiger charge is 2.19. The van der Waals surface area contributed by atoms with Crippen LogP contribution in [0.25, 0.3) is 0 Å². The van der Waals surface area contributed by atoms with Gasteiger partial charge >= 0.3 is 0 Å². The Morgan fingerprint density at radius 2 is 1.68 bits per heavy atom. The molecule has 1 fully saturated rings. The summed E-state index contributed by atoms with van der Waals surface area (Å²) < 4.78 is 5.82. The Bertz CT molecular complexity index is 540. The number of rotatable bonds is 6. The Kier molecular flexibility index (Phi) is 5.49. The van der Waals surface area contributed by atoms with Crippen LogP contribution in [0.3, 0.4) is 0 Å². The zero-order valence-corrected chi connectivity index (χ0v) is 13.2. The molecule has 3 rings (SSSR count). The van der Waals surface area contributed by atoms with Gasteiger partial charge < -0.3 is 4.74 Å². The van der Waals surface area contributed by atoms with E-state index in [-0.39, 0.29) is 0 Å². The SMILES string of the molecule is c1ccc(CC2CCCN(CCOc3ccccc3)C2)cc1. The molecule has 0 aliphatic carbocycles. The summed E-state index contributed by atoms with van der Waals surface area (Å²) in [5.41, 5.74) is 1.47. The first-order valence-electron chi connectivity index (χ1n) is 8.34. The van der Waals surface area contributed by atoms with Gasteiger partial charge in [0.25, 0.3) is 0 Å². The van der Waals surface area contributed by atoms with Crippen molar-refractivity contribution in [2.45, 2.75) is 19.3 Å². The molecule has 1 heterocycles. The Balaban J connectivity index is 1.42. The van der Waals surface area contributed by atoms with E-state index in [4.69, 9.17) is 4.74 Å². The van der Waals surface area contributed by atoms with E-state index in [1.165, 1.54) is 37.9 Å². The van der Waals surface area contributed by atoms with Gasteiger partial charge in [0.05, 0.1) is 0 Å². The number of hydrogen-bond acceptors (Lipinski definition) is 2. The summed E-state index contributed by atoms with van der Waals surface area (Å²) in [5.74, 6) is 1.76. The topological polar surface area (TPSA) is 12.5 Å². The highest BCUT2D eigenvalue weighted by Crippen LogP contribution is 2.20. The van der Waals surface area contributed by atoms with Crippen LogP contribution in [0.5, 0.6) is 5.75 Å². The van der Waals surface area contributed by atoms with Crippen LogP contribution in [-0.4, -0.2) is 31.1 Å². The molecule has 1 atom stereocenters. The lowest BCUT2D eigenvalue weighted by atomic mass is 9.91. The molecule has 0 radical (unpaired) electrons. The summed E-state index contributed by atoms with van der Waals surface area (Å²) in [4.78, 5) is 2.56. The molecule has 0 spiro atoms. The van der Waals surface area contributed by atoms with Crippen molar-refractivity contribution in [3.8, 4) is 5.75 Å². The maximum atomic E-state index is 5.82. The minimum absolute atomic E-state index is 0.780. The number of hydrogen-bond donors (Lipinski definition) is 0. The van der Waals surface area contributed by atoms with E-state index in [1.54, 1.807) is 0 Å². The van der Waals surface area contributed by atoms with Crippen LogP contribution in [-0.2, 0) is 6.42 Å². The Morgan fingerprint density at radius 3 is 2.45 bits per heavy atom. The zero-order chi connectivity index (χ0) is 15.0. The second-order valence-electron chi connectivity index (χ2n) is 6.16. The molecule has 116 valence electrons. The molecule has 1 aliphatic heterocycles. The summed E-state index contributed by atoms with van der Waals surface area (Å²) >= 11 is 0. The van der Waals surface area contributed by atoms with Gasteiger partial charge in [-0.25, -0.2) is 0 Å². The van der Waals surface area contributed by atoms with E-state index in [0.29, 0.717) is 0 Å². The van der Waals surface area contributed by atoms with E-state index >= 15 is 0 Å². The van der Waals surface area contributed by atoms with Gasteiger partial charge in [0.15, 0.2) is 0 Å². The van der Waals surface area contributed by atoms with Gasteiger partial charge in [-0.05, 0) is 49.4 Å². The lowest BCUT2D eigenvalue weighted by Gasteiger charge is -2.32. The van der Waals surface area contributed by atoms with Crippen LogP contribution >= 0.6 is 0 Å². The maximum absolute atomic E-state index is 5.82. The van der Waals surface area contributed by atoms with Crippen molar-refractivity contribution in [1.82, 2.24) is 4.90 Å². The molecule has 0 amide bonds. The van der Waals surface area contributed by atoms with E-state index in [1.807, 2.05) is 30.3 Å². The van der Waals surface area contributed by atoms with Crippen molar-refractivity contribution in [1.29, 1.82) is 0 Å². The Labute approximate surface area is 133 Å². The molecule has 0 N–H and O–H groups in total. The van der Waals surface area contributed by atoms with Crippen molar-refractivity contribution >= 4 is 0 Å². The molecule has 1 unspecified atom stereocenters. The van der Waals surface area contributed by atoms with Crippen LogP contribution in [0.15, 0.2) is 60.7 Å². The molecular weight excluding hydrogens is 270 g/mol. The largest absolute Gasteiger partial charge is 0.492 e. The van der Waals surface area contributed by atoms with Crippen molar-refractivity contribution < 1.29 is 4.74 Å². The summed E-state index contributed by atoms with van der Waals surface area (Å²) in [5, 5.41) is 0. The van der Waals surface area contributed by atoms with Crippen LogP contribution in [0.4, 0.5) is 0 Å². The molecule has 2 heteroatoms. The summed E-state index contributed by atoms with van der Waals surface area (Å²) in [6.45, 7) is 4.22. The first-order chi connectivity index (χ1) is 10.9. The van der Waals surface area contributed by atoms with Gasteiger partial charge in [0, 0.05) is 13.1 Å². The summed E-state index contributed by atoms with van der Waals surface area (Å²) in [6, 6.07) is 21.0. The minimum Gasteiger partial charge on any atom is -0.492 e. The number of nitrogens with zero attached hydrogens (tertiary/aromatic N) is 1. The van der Waals surface area contributed by atoms with Crippen molar-refractivity contribution in [2.75, 3.05) is 26.2 Å². The number of ether oxygens (including phenoxy) is 1. The monoisotopic (exact) mass is 295 g/mol. The van der Waals surface area contributed by atoms with E-state index in [0.717, 1.165) is 24.8 Å². The quantitative estimate of drug-likeness (QED) is 0.798. The first-order valence-corrected chi connectivity index (χ1v) is 8.34. The Morgan fingerprint density at radius 1 is 0.955 bits per heavy atom. The van der Waals surface area contributed by atoms with Crippen molar-refractivity contribution in [3.63, 3.8) is 0 Å². The molecular formula is C20H25NO. The standard InChI is InChI=1S/C20H25NO/c1-3-8-18(9-4-1)16-19-10-7-13-21(17-19)14-15-22-20-11-5-2-6-12-20/h1-6,8-9,11-12,19H,7,10,13-17H2. The summed E-state index contributed by atoms with van der Waals surface area (Å²) in [6.07, 6.45) is 3.87. The van der Waals surface area contributed by atoms with Crippen LogP contribution < -0.4 is 4.74 Å². The highest BCUT2D eigenvalue weighted by molar-refractivity contribution is 5.20. The van der Waals surface area contributed by atoms with Gasteiger partial charge in [-0.2, -0.15) is 0 Å². The fraction of sp³-hybridized carbons (Fsp3) is 0.400. The van der Waals surface area contributed by atoms with E-state index in [9.17, 15) is 0 Å². The maximum Gasteiger partial charge on any atom is 0.119 e. The molecule has 2 aromatic carbocycles. The fourth-order valence-corrected chi connectivity index (χ4v) is 3.28. The third kappa shape index (κ3) is 4.60. The van der Waals surface area contributed by atoms with E-state index in [2.05, 4.69) is 35.2 Å². The van der Waals surface area contributed by atoms with Crippen LogP contribution in [0.1, 0.15) is 18.4 Å². The number of para-hydroxylation sites is 1. The molecule has 1 aliphatic rings. The fourth-order valence-electron chi connectivity index (χ4n) is 3.28. The van der Waals surface area contributed by atoms with Crippen molar-refractivity contribution in [3.05, 3.63) is 66.2 Å². The lowest BCUT2D eigenvalue weighted by molar-refractivity contribution is 0.146. The van der Waals surface area contributed by atoms with Gasteiger partial charge in [0.1, 0.15) is 12.4 Å². The van der Waals surface area contributed by atoms with Gasteiger partial charge in [-0.15, -0.1) is 0 Å². The number of benzene rings is 2. The average molecular weight is 295 g/mol. The van der Waals surface area contributed by atoms with Crippen molar-refractivity contribution in [2.24, 2.45) is 5.92 Å². The lowest BCUT2D eigenvalue weighted by Crippen LogP contribution is -2.38. The molecule has 22 heavy (non-hydrogen) atoms. The normalized spacial score (nSPS) is 19.0. The zero-order valence-electron chi connectivity index (χ0n) is 13.2. The molecule has 1 saturated heterocycles. The second-order valence-corrected chi connectivity index (χ2v) is 6.16. The molecule has 0 aromatic heterocycles. The number of piperidine rings is 1. The molecule has 0 saturated carbocycles. The smallest absolute Gasteiger partial charge is 0.119 e. The third-order valence-electron chi connectivity index (χ3n) is 4.39. The Hall–Kier alpha value is -1.80. The second kappa shape index (κ2) is 8.00. The van der Waals surface area contributed by atoms with Gasteiger partial charge in [-0.1, -0.05) is 48.5 Å². The molecule has 2 nitrogen and oxygen atoms in total. The van der Waals surface area contributed by atoms with Crippen LogP contribution in [0, 0.1) is 5.92 Å². The van der Waals surface area contributed by atoms with Gasteiger partial charge in [0.2, 0.25) is 0 Å². The minimum atomic E-state index is 0.780. The highest BCUT2D eigenvalue weighted by atomic mass is 16.5. The van der Waals surface area contributed by atoms with E-state index < -0.39 is 0 Å². The third-order valence-corrected chi connectivity index (χ3v) is 4.39. The number of likely N-dealkylation sites (tertiary alicyclic amines) is 1. The average Bonchev–Trinajstić information content (AvgIpc) is 2.57. The first kappa shape index (κ1) is 15.1. The summed E-state index contributed by atoms with van der Waals surface area (Å²) in [7, 11) is 0. The predicted octanol–water partition coefficient (Wildman–Crippen LogP) is 4.02. The predicted molar refractivity (Wildman–Crippen MR) is 91.2 cm³/mol. The molecule has 2 aromatic rings.